The maximum atomic E-state index is 8.90. The van der Waals surface area contributed by atoms with E-state index in [1.54, 1.807) is 11.3 Å². The highest BCUT2D eigenvalue weighted by molar-refractivity contribution is 7.15. The zero-order valence-corrected chi connectivity index (χ0v) is 15.8. The number of hydrogen-bond acceptors (Lipinski definition) is 5. The van der Waals surface area contributed by atoms with Crippen molar-refractivity contribution in [3.63, 3.8) is 0 Å². The maximum Gasteiger partial charge on any atom is 0.162 e. The molecule has 2 atom stereocenters. The minimum absolute atomic E-state index is 0.0611. The predicted molar refractivity (Wildman–Crippen MR) is 109 cm³/mol. The number of thiophene rings is 1. The molecule has 2 aromatic carbocycles. The highest BCUT2D eigenvalue weighted by atomic mass is 32.1. The molecule has 1 saturated heterocycles. The van der Waals surface area contributed by atoms with Crippen molar-refractivity contribution in [3.05, 3.63) is 89.4 Å². The maximum absolute atomic E-state index is 8.90. The first-order chi connectivity index (χ1) is 13.8. The van der Waals surface area contributed by atoms with Gasteiger partial charge in [0.1, 0.15) is 11.8 Å². The largest absolute Gasteiger partial charge is 0.345 e. The van der Waals surface area contributed by atoms with Gasteiger partial charge in [-0.15, -0.1) is 11.3 Å². The molecule has 1 aliphatic heterocycles. The third-order valence-corrected chi connectivity index (χ3v) is 5.99. The monoisotopic (exact) mass is 389 g/mol. The molecule has 0 bridgehead atoms. The molecule has 0 amide bonds. The summed E-state index contributed by atoms with van der Waals surface area (Å²) in [6.07, 6.45) is 1.66. The number of hydroxylamine groups is 1. The molecular weight excluding hydrogens is 370 g/mol. The molecule has 1 aliphatic rings. The Morgan fingerprint density at radius 2 is 1.75 bits per heavy atom. The fourth-order valence-corrected chi connectivity index (χ4v) is 4.31. The van der Waals surface area contributed by atoms with E-state index in [0.29, 0.717) is 0 Å². The highest BCUT2D eigenvalue weighted by Gasteiger charge is 2.41. The highest BCUT2D eigenvalue weighted by Crippen LogP contribution is 2.42. The molecule has 1 fully saturated rings. The van der Waals surface area contributed by atoms with Gasteiger partial charge in [-0.05, 0) is 34.9 Å². The van der Waals surface area contributed by atoms with E-state index in [1.165, 1.54) is 16.7 Å². The lowest BCUT2D eigenvalue weighted by Crippen LogP contribution is -2.11. The van der Waals surface area contributed by atoms with Crippen molar-refractivity contribution in [2.75, 3.05) is 0 Å². The van der Waals surface area contributed by atoms with Crippen LogP contribution in [0.15, 0.2) is 79.0 Å². The van der Waals surface area contributed by atoms with Gasteiger partial charge in [0.15, 0.2) is 6.23 Å². The van der Waals surface area contributed by atoms with E-state index < -0.39 is 0 Å². The molecule has 2 unspecified atom stereocenters. The van der Waals surface area contributed by atoms with Gasteiger partial charge in [-0.1, -0.05) is 54.6 Å². The summed E-state index contributed by atoms with van der Waals surface area (Å²) in [4.78, 5) is 2.19. The van der Waals surface area contributed by atoms with Crippen LogP contribution >= 0.6 is 11.3 Å². The fraction of sp³-hybridized carbons (Fsp3) is 0.136. The van der Waals surface area contributed by atoms with E-state index in [4.69, 9.17) is 15.0 Å². The summed E-state index contributed by atoms with van der Waals surface area (Å²) in [6, 6.07) is 25.1. The van der Waals surface area contributed by atoms with Crippen molar-refractivity contribution in [1.82, 2.24) is 15.3 Å². The number of rotatable bonds is 6. The third-order valence-electron chi connectivity index (χ3n) is 4.82. The molecule has 5 nitrogen and oxygen atoms in total. The molecule has 2 N–H and O–H groups in total. The lowest BCUT2D eigenvalue weighted by Gasteiger charge is -2.05. The molecule has 6 heteroatoms. The second-order valence-corrected chi connectivity index (χ2v) is 7.89. The SMILES string of the molecule is ONC1OC1c1ccc(-c2ccn(Cc3ccc(-c4ccccc4)cc3)n2)s1. The van der Waals surface area contributed by atoms with Crippen LogP contribution in [0.3, 0.4) is 0 Å². The predicted octanol–water partition coefficient (Wildman–Crippen LogP) is 4.70. The average molecular weight is 389 g/mol. The molecule has 3 heterocycles. The summed E-state index contributed by atoms with van der Waals surface area (Å²) < 4.78 is 7.31. The number of nitrogens with zero attached hydrogens (tertiary/aromatic N) is 2. The van der Waals surface area contributed by atoms with Gasteiger partial charge in [-0.2, -0.15) is 10.6 Å². The van der Waals surface area contributed by atoms with E-state index in [9.17, 15) is 0 Å². The minimum Gasteiger partial charge on any atom is -0.345 e. The number of nitrogens with one attached hydrogen (secondary N) is 1. The number of epoxide rings is 1. The first-order valence-electron chi connectivity index (χ1n) is 9.13. The van der Waals surface area contributed by atoms with Gasteiger partial charge in [0.2, 0.25) is 0 Å². The van der Waals surface area contributed by atoms with Crippen LogP contribution in [0.4, 0.5) is 0 Å². The van der Waals surface area contributed by atoms with Crippen LogP contribution in [0, 0.1) is 0 Å². The molecule has 0 spiro atoms. The summed E-state index contributed by atoms with van der Waals surface area (Å²) in [5.41, 5.74) is 6.75. The van der Waals surface area contributed by atoms with Crippen LogP contribution in [0.5, 0.6) is 0 Å². The van der Waals surface area contributed by atoms with Crippen molar-refractivity contribution in [1.29, 1.82) is 0 Å². The molecule has 0 radical (unpaired) electrons. The molecule has 0 aliphatic carbocycles. The molecule has 5 rings (SSSR count). The number of hydrogen-bond donors (Lipinski definition) is 2. The van der Waals surface area contributed by atoms with E-state index in [-0.39, 0.29) is 12.3 Å². The van der Waals surface area contributed by atoms with Crippen LogP contribution in [0.25, 0.3) is 21.7 Å². The van der Waals surface area contributed by atoms with Crippen LogP contribution in [-0.4, -0.2) is 21.2 Å². The zero-order valence-electron chi connectivity index (χ0n) is 15.0. The molecule has 4 aromatic rings. The third kappa shape index (κ3) is 3.50. The fourth-order valence-electron chi connectivity index (χ4n) is 3.27. The Morgan fingerprint density at radius 1 is 0.964 bits per heavy atom. The van der Waals surface area contributed by atoms with Gasteiger partial charge in [-0.25, -0.2) is 0 Å². The van der Waals surface area contributed by atoms with E-state index in [1.807, 2.05) is 29.1 Å². The Kier molecular flexibility index (Phi) is 4.54. The summed E-state index contributed by atoms with van der Waals surface area (Å²) in [7, 11) is 0. The molecule has 2 aromatic heterocycles. The Labute approximate surface area is 166 Å². The van der Waals surface area contributed by atoms with Crippen LogP contribution in [0.1, 0.15) is 16.5 Å². The molecule has 140 valence electrons. The second kappa shape index (κ2) is 7.33. The lowest BCUT2D eigenvalue weighted by atomic mass is 10.0. The standard InChI is InChI=1S/C22H19N3O2S/c26-24-22-21(27-22)20-11-10-19(28-20)18-12-13-25(23-18)14-15-6-8-17(9-7-15)16-4-2-1-3-5-16/h1-13,21-22,24,26H,14H2. The summed E-state index contributed by atoms with van der Waals surface area (Å²) >= 11 is 1.64. The Balaban J connectivity index is 1.28. The van der Waals surface area contributed by atoms with Gasteiger partial charge < -0.3 is 9.94 Å². The Bertz CT molecular complexity index is 1070. The normalized spacial score (nSPS) is 18.3. The van der Waals surface area contributed by atoms with Crippen molar-refractivity contribution < 1.29 is 9.94 Å². The van der Waals surface area contributed by atoms with E-state index >= 15 is 0 Å². The second-order valence-electron chi connectivity index (χ2n) is 6.77. The number of benzene rings is 2. The first-order valence-corrected chi connectivity index (χ1v) is 9.95. The molecule has 0 saturated carbocycles. The van der Waals surface area contributed by atoms with Gasteiger partial charge >= 0.3 is 0 Å². The summed E-state index contributed by atoms with van der Waals surface area (Å²) in [5.74, 6) is 0. The zero-order chi connectivity index (χ0) is 18.9. The van der Waals surface area contributed by atoms with E-state index in [2.05, 4.69) is 60.1 Å². The van der Waals surface area contributed by atoms with Crippen molar-refractivity contribution >= 4 is 11.3 Å². The Hall–Kier alpha value is -2.77. The van der Waals surface area contributed by atoms with Gasteiger partial charge in [0.25, 0.3) is 0 Å². The number of ether oxygens (including phenoxy) is 1. The van der Waals surface area contributed by atoms with Crippen LogP contribution < -0.4 is 5.48 Å². The minimum atomic E-state index is -0.289. The topological polar surface area (TPSA) is 62.6 Å². The van der Waals surface area contributed by atoms with Crippen LogP contribution in [0.2, 0.25) is 0 Å². The van der Waals surface area contributed by atoms with E-state index in [0.717, 1.165) is 22.0 Å². The molecule has 28 heavy (non-hydrogen) atoms. The van der Waals surface area contributed by atoms with Crippen molar-refractivity contribution in [3.8, 4) is 21.7 Å². The summed E-state index contributed by atoms with van der Waals surface area (Å²) in [5, 5.41) is 13.6. The average Bonchev–Trinajstić information content (AvgIpc) is 3.12. The molecular formula is C22H19N3O2S. The van der Waals surface area contributed by atoms with Crippen molar-refractivity contribution in [2.45, 2.75) is 18.9 Å². The number of aromatic nitrogens is 2. The van der Waals surface area contributed by atoms with Crippen LogP contribution in [-0.2, 0) is 11.3 Å². The lowest BCUT2D eigenvalue weighted by molar-refractivity contribution is 0.119. The smallest absolute Gasteiger partial charge is 0.162 e. The first kappa shape index (κ1) is 17.3. The Morgan fingerprint density at radius 3 is 2.50 bits per heavy atom. The quantitative estimate of drug-likeness (QED) is 0.371. The van der Waals surface area contributed by atoms with Gasteiger partial charge in [-0.3, -0.25) is 4.68 Å². The van der Waals surface area contributed by atoms with Gasteiger partial charge in [0.05, 0.1) is 11.4 Å². The van der Waals surface area contributed by atoms with Gasteiger partial charge in [0, 0.05) is 11.1 Å². The summed E-state index contributed by atoms with van der Waals surface area (Å²) in [6.45, 7) is 0.732. The van der Waals surface area contributed by atoms with Crippen molar-refractivity contribution in [2.24, 2.45) is 0 Å².